The topological polar surface area (TPSA) is 168 Å². The van der Waals surface area contributed by atoms with Crippen molar-refractivity contribution < 1.29 is 57.1 Å². The first kappa shape index (κ1) is 41.1. The number of hydrogen-bond donors (Lipinski definition) is 1. The monoisotopic (exact) mass is 741 g/mol. The Hall–Kier alpha value is -5.70. The maximum absolute atomic E-state index is 13.7. The Kier molecular flexibility index (Phi) is 17.5. The first-order valence-corrected chi connectivity index (χ1v) is 17.2. The van der Waals surface area contributed by atoms with Crippen LogP contribution < -0.4 is 5.73 Å². The fourth-order valence-corrected chi connectivity index (χ4v) is 4.76. The number of esters is 4. The van der Waals surface area contributed by atoms with Gasteiger partial charge in [0.15, 0.2) is 11.9 Å². The Morgan fingerprint density at radius 1 is 0.519 bits per heavy atom. The molecular weight excluding hydrogens is 698 g/mol. The molecule has 13 nitrogen and oxygen atoms in total. The van der Waals surface area contributed by atoms with Gasteiger partial charge in [-0.2, -0.15) is 0 Å². The molecule has 0 aliphatic heterocycles. The molecule has 0 unspecified atom stereocenters. The lowest BCUT2D eigenvalue weighted by atomic mass is 10.1. The summed E-state index contributed by atoms with van der Waals surface area (Å²) in [5.41, 5.74) is 6.19. The largest absolute Gasteiger partial charge is 0.462 e. The summed E-state index contributed by atoms with van der Waals surface area (Å²) in [6.07, 6.45) is -3.24. The van der Waals surface area contributed by atoms with Gasteiger partial charge in [-0.25, -0.2) is 19.2 Å². The van der Waals surface area contributed by atoms with Crippen molar-refractivity contribution in [2.24, 2.45) is 5.73 Å². The molecule has 0 aliphatic rings. The van der Waals surface area contributed by atoms with Crippen LogP contribution in [0.5, 0.6) is 0 Å². The summed E-state index contributed by atoms with van der Waals surface area (Å²) in [5, 5.41) is 0. The maximum atomic E-state index is 13.7. The number of rotatable bonds is 22. The van der Waals surface area contributed by atoms with Crippen LogP contribution in [-0.4, -0.2) is 89.6 Å². The van der Waals surface area contributed by atoms with E-state index in [-0.39, 0.29) is 49.5 Å². The number of methoxy groups -OCH3 is 1. The lowest BCUT2D eigenvalue weighted by Crippen LogP contribution is -2.33. The van der Waals surface area contributed by atoms with E-state index < -0.39 is 47.8 Å². The van der Waals surface area contributed by atoms with E-state index in [1.54, 1.807) is 84.9 Å². The minimum atomic E-state index is -1.50. The summed E-state index contributed by atoms with van der Waals surface area (Å²) in [7, 11) is 1.28. The summed E-state index contributed by atoms with van der Waals surface area (Å²) >= 11 is 0. The van der Waals surface area contributed by atoms with Gasteiger partial charge in [0.25, 0.3) is 0 Å². The van der Waals surface area contributed by atoms with Gasteiger partial charge < -0.3 is 43.6 Å². The van der Waals surface area contributed by atoms with Gasteiger partial charge in [0.1, 0.15) is 0 Å². The van der Waals surface area contributed by atoms with Crippen molar-refractivity contribution >= 4 is 23.9 Å². The molecule has 0 aliphatic carbocycles. The van der Waals surface area contributed by atoms with E-state index in [2.05, 4.69) is 0 Å². The van der Waals surface area contributed by atoms with Gasteiger partial charge in [0.2, 0.25) is 12.0 Å². The van der Waals surface area contributed by atoms with Crippen molar-refractivity contribution in [1.82, 2.24) is 0 Å². The van der Waals surface area contributed by atoms with Crippen LogP contribution in [0.15, 0.2) is 133 Å². The van der Waals surface area contributed by atoms with Gasteiger partial charge in [0.05, 0.1) is 61.9 Å². The number of nitrogens with two attached hydrogens (primary N) is 1. The number of carbonyl (C=O) groups is 4. The van der Waals surface area contributed by atoms with Crippen molar-refractivity contribution in [3.8, 4) is 0 Å². The fourth-order valence-electron chi connectivity index (χ4n) is 4.76. The average Bonchev–Trinajstić information content (AvgIpc) is 3.22. The Labute approximate surface area is 313 Å². The number of benzene rings is 4. The van der Waals surface area contributed by atoms with Gasteiger partial charge >= 0.3 is 23.9 Å². The average molecular weight is 742 g/mol. The van der Waals surface area contributed by atoms with Crippen molar-refractivity contribution in [3.05, 3.63) is 155 Å². The lowest BCUT2D eigenvalue weighted by molar-refractivity contribution is -0.134. The standard InChI is InChI=1S/C41H43NO12/c1-47-41(51-29-28-49-27-26-48-25-23-42)36(54-40(46)33-20-12-5-13-21-33)35(53-39(45)32-18-10-4-11-19-32)34(52-38(44)31-16-8-3-9-17-31)22-24-50-37(43)30-14-6-2-7-15-30/h2-21,34,41H,22-29,42H2,1H3/b36-35-/t34-,41-/m1/s1. The van der Waals surface area contributed by atoms with Crippen LogP contribution in [0.4, 0.5) is 0 Å². The molecule has 284 valence electrons. The Balaban J connectivity index is 1.75. The first-order valence-electron chi connectivity index (χ1n) is 17.2. The van der Waals surface area contributed by atoms with Crippen LogP contribution in [0.1, 0.15) is 47.9 Å². The molecule has 4 aromatic carbocycles. The van der Waals surface area contributed by atoms with Crippen LogP contribution in [0, 0.1) is 0 Å². The summed E-state index contributed by atoms with van der Waals surface area (Å²) < 4.78 is 45.9. The van der Waals surface area contributed by atoms with E-state index in [9.17, 15) is 19.2 Å². The normalized spacial score (nSPS) is 12.5. The predicted molar refractivity (Wildman–Crippen MR) is 195 cm³/mol. The van der Waals surface area contributed by atoms with Gasteiger partial charge in [-0.15, -0.1) is 0 Å². The fraction of sp³-hybridized carbons (Fsp3) is 0.268. The zero-order chi connectivity index (χ0) is 38.4. The number of ether oxygens (including phenoxy) is 8. The van der Waals surface area contributed by atoms with Gasteiger partial charge in [-0.05, 0) is 48.5 Å². The highest BCUT2D eigenvalue weighted by Crippen LogP contribution is 2.27. The molecule has 4 aromatic rings. The highest BCUT2D eigenvalue weighted by Gasteiger charge is 2.35. The second kappa shape index (κ2) is 23.1. The third kappa shape index (κ3) is 13.4. The molecule has 0 saturated carbocycles. The van der Waals surface area contributed by atoms with Crippen molar-refractivity contribution in [1.29, 1.82) is 0 Å². The van der Waals surface area contributed by atoms with Crippen LogP contribution in [0.3, 0.4) is 0 Å². The Morgan fingerprint density at radius 2 is 0.944 bits per heavy atom. The van der Waals surface area contributed by atoms with Gasteiger partial charge in [0, 0.05) is 20.1 Å². The molecule has 0 heterocycles. The Morgan fingerprint density at radius 3 is 1.43 bits per heavy atom. The van der Waals surface area contributed by atoms with Crippen LogP contribution >= 0.6 is 0 Å². The quantitative estimate of drug-likeness (QED) is 0.0360. The van der Waals surface area contributed by atoms with Gasteiger partial charge in [-0.3, -0.25) is 0 Å². The molecule has 2 atom stereocenters. The SMILES string of the molecule is CO[C@H](OCCOCCOCCN)/C(OC(=O)c1ccccc1)=C(/OC(=O)c1ccccc1)[C@@H](CCOC(=O)c1ccccc1)OC(=O)c1ccccc1. The molecule has 0 radical (unpaired) electrons. The molecule has 0 fully saturated rings. The minimum Gasteiger partial charge on any atom is -0.462 e. The molecular formula is C41H43NO12. The highest BCUT2D eigenvalue weighted by molar-refractivity contribution is 5.92. The second-order valence-electron chi connectivity index (χ2n) is 11.2. The smallest absolute Gasteiger partial charge is 0.343 e. The van der Waals surface area contributed by atoms with Crippen LogP contribution in [0.25, 0.3) is 0 Å². The predicted octanol–water partition coefficient (Wildman–Crippen LogP) is 5.37. The van der Waals surface area contributed by atoms with Crippen molar-refractivity contribution in [2.45, 2.75) is 18.8 Å². The molecule has 0 saturated heterocycles. The first-order chi connectivity index (χ1) is 26.4. The van der Waals surface area contributed by atoms with E-state index in [4.69, 9.17) is 43.6 Å². The molecule has 0 amide bonds. The zero-order valence-electron chi connectivity index (χ0n) is 29.8. The summed E-state index contributed by atoms with van der Waals surface area (Å²) in [6, 6.07) is 32.4. The van der Waals surface area contributed by atoms with E-state index in [0.717, 1.165) is 0 Å². The summed E-state index contributed by atoms with van der Waals surface area (Å²) in [5.74, 6) is -4.05. The molecule has 13 heteroatoms. The van der Waals surface area contributed by atoms with E-state index >= 15 is 0 Å². The van der Waals surface area contributed by atoms with Crippen LogP contribution in [0.2, 0.25) is 0 Å². The molecule has 2 N–H and O–H groups in total. The molecule has 54 heavy (non-hydrogen) atoms. The van der Waals surface area contributed by atoms with Gasteiger partial charge in [-0.1, -0.05) is 72.8 Å². The van der Waals surface area contributed by atoms with E-state index in [1.807, 2.05) is 0 Å². The number of carbonyl (C=O) groups excluding carboxylic acids is 4. The molecule has 0 aromatic heterocycles. The second-order valence-corrected chi connectivity index (χ2v) is 11.2. The molecule has 0 bridgehead atoms. The lowest BCUT2D eigenvalue weighted by Gasteiger charge is -2.26. The van der Waals surface area contributed by atoms with Crippen molar-refractivity contribution in [2.75, 3.05) is 53.3 Å². The third-order valence-corrected chi connectivity index (χ3v) is 7.40. The third-order valence-electron chi connectivity index (χ3n) is 7.40. The number of hydrogen-bond acceptors (Lipinski definition) is 13. The minimum absolute atomic E-state index is 0.0761. The summed E-state index contributed by atoms with van der Waals surface area (Å²) in [4.78, 5) is 53.8. The van der Waals surface area contributed by atoms with E-state index in [1.165, 1.54) is 43.5 Å². The highest BCUT2D eigenvalue weighted by atomic mass is 16.7. The Bertz CT molecular complexity index is 1770. The van der Waals surface area contributed by atoms with E-state index in [0.29, 0.717) is 25.3 Å². The zero-order valence-corrected chi connectivity index (χ0v) is 29.8. The van der Waals surface area contributed by atoms with Crippen molar-refractivity contribution in [3.63, 3.8) is 0 Å². The maximum Gasteiger partial charge on any atom is 0.343 e. The van der Waals surface area contributed by atoms with Crippen LogP contribution in [-0.2, 0) is 37.9 Å². The molecule has 0 spiro atoms. The summed E-state index contributed by atoms with van der Waals surface area (Å²) in [6.45, 7) is 1.02. The molecule has 4 rings (SSSR count).